The molecule has 1 aliphatic carbocycles. The third-order valence-electron chi connectivity index (χ3n) is 2.63. The summed E-state index contributed by atoms with van der Waals surface area (Å²) in [5, 5.41) is 16.6. The molecule has 1 unspecified atom stereocenters. The molecule has 0 aromatic heterocycles. The first-order valence-corrected chi connectivity index (χ1v) is 6.83. The SMILES string of the molecule is C=C/C=C1C(=C/C)\CC(NC)C\1=N/N[C](O)=[W]. The molecule has 0 aromatic rings. The topological polar surface area (TPSA) is 56.7 Å². The number of hydrogen-bond acceptors (Lipinski definition) is 4. The van der Waals surface area contributed by atoms with Gasteiger partial charge in [0, 0.05) is 0 Å². The monoisotopic (exact) mass is 403 g/mol. The molecular weight excluding hydrogens is 386 g/mol. The van der Waals surface area contributed by atoms with E-state index in [1.165, 1.54) is 5.57 Å². The zero-order valence-corrected chi connectivity index (χ0v) is 13.0. The summed E-state index contributed by atoms with van der Waals surface area (Å²) in [6, 6.07) is 0.175. The summed E-state index contributed by atoms with van der Waals surface area (Å²) in [5.74, 6) is 0. The maximum atomic E-state index is 9.17. The van der Waals surface area contributed by atoms with E-state index in [0.717, 1.165) is 37.1 Å². The summed E-state index contributed by atoms with van der Waals surface area (Å²) in [4.78, 5) is 0. The van der Waals surface area contributed by atoms with Crippen LogP contribution in [0, 0.1) is 0 Å². The predicted octanol–water partition coefficient (Wildman–Crippen LogP) is 0.989. The number of aliphatic hydroxyl groups excluding tert-OH is 1. The molecule has 0 amide bonds. The number of allylic oxidation sites excluding steroid dienone is 3. The van der Waals surface area contributed by atoms with Crippen LogP contribution in [0.1, 0.15) is 13.3 Å². The van der Waals surface area contributed by atoms with Gasteiger partial charge in [-0.3, -0.25) is 0 Å². The van der Waals surface area contributed by atoms with Crippen LogP contribution >= 0.6 is 0 Å². The molecule has 4 nitrogen and oxygen atoms in total. The molecule has 1 atom stereocenters. The second kappa shape index (κ2) is 6.80. The Morgan fingerprint density at radius 1 is 1.65 bits per heavy atom. The van der Waals surface area contributed by atoms with Crippen molar-refractivity contribution in [3.8, 4) is 0 Å². The number of aliphatic hydroxyl groups is 1. The number of hydrazone groups is 1. The Hall–Kier alpha value is -0.832. The van der Waals surface area contributed by atoms with E-state index in [-0.39, 0.29) is 10.2 Å². The van der Waals surface area contributed by atoms with E-state index >= 15 is 0 Å². The van der Waals surface area contributed by atoms with Crippen LogP contribution in [-0.4, -0.2) is 28.1 Å². The van der Waals surface area contributed by atoms with Crippen molar-refractivity contribution < 1.29 is 24.5 Å². The molecule has 5 heteroatoms. The van der Waals surface area contributed by atoms with Crippen molar-refractivity contribution in [1.82, 2.24) is 10.7 Å². The van der Waals surface area contributed by atoms with E-state index < -0.39 is 0 Å². The van der Waals surface area contributed by atoms with Crippen LogP contribution in [0.5, 0.6) is 0 Å². The molecule has 92 valence electrons. The van der Waals surface area contributed by atoms with Gasteiger partial charge in [0.2, 0.25) is 0 Å². The maximum absolute atomic E-state index is 9.17. The molecule has 0 spiro atoms. The summed E-state index contributed by atoms with van der Waals surface area (Å²) >= 11 is 0.962. The molecule has 0 radical (unpaired) electrons. The molecule has 0 aromatic carbocycles. The summed E-state index contributed by atoms with van der Waals surface area (Å²) in [7, 11) is 1.91. The summed E-state index contributed by atoms with van der Waals surface area (Å²) in [5.41, 5.74) is 5.87. The van der Waals surface area contributed by atoms with E-state index in [1.807, 2.05) is 20.0 Å². The fourth-order valence-corrected chi connectivity index (χ4v) is 2.01. The molecule has 1 fully saturated rings. The second-order valence-corrected chi connectivity index (χ2v) is 4.98. The van der Waals surface area contributed by atoms with Crippen LogP contribution in [0.15, 0.2) is 41.1 Å². The van der Waals surface area contributed by atoms with Crippen molar-refractivity contribution in [2.75, 3.05) is 7.05 Å². The van der Waals surface area contributed by atoms with Crippen LogP contribution in [0.4, 0.5) is 0 Å². The van der Waals surface area contributed by atoms with Crippen molar-refractivity contribution >= 4 is 9.92 Å². The van der Waals surface area contributed by atoms with E-state index in [2.05, 4.69) is 28.5 Å². The van der Waals surface area contributed by atoms with Crippen LogP contribution in [0.3, 0.4) is 0 Å². The van der Waals surface area contributed by atoms with Gasteiger partial charge in [-0.2, -0.15) is 0 Å². The summed E-state index contributed by atoms with van der Waals surface area (Å²) < 4.78 is 0.166. The van der Waals surface area contributed by atoms with Crippen molar-refractivity contribution in [3.63, 3.8) is 0 Å². The van der Waals surface area contributed by atoms with Gasteiger partial charge in [0.05, 0.1) is 0 Å². The number of rotatable bonds is 4. The minimum atomic E-state index is 0.166. The van der Waals surface area contributed by atoms with Gasteiger partial charge in [0.25, 0.3) is 0 Å². The van der Waals surface area contributed by atoms with Crippen molar-refractivity contribution in [1.29, 1.82) is 0 Å². The van der Waals surface area contributed by atoms with Crippen molar-refractivity contribution in [2.45, 2.75) is 19.4 Å². The van der Waals surface area contributed by atoms with Gasteiger partial charge in [-0.15, -0.1) is 0 Å². The molecule has 0 bridgehead atoms. The standard InChI is InChI=1S/C12H17N3O.W/c1-4-6-10-9(5-2)7-11(13-3)12(10)15-14-8-16;/h4-6,11,13-14,16H,1,7H2,2-3H3;/b9-5-,10-6+,15-12-;. The van der Waals surface area contributed by atoms with Gasteiger partial charge in [-0.05, 0) is 0 Å². The predicted molar refractivity (Wildman–Crippen MR) is 67.0 cm³/mol. The number of hydrogen-bond donors (Lipinski definition) is 3. The van der Waals surface area contributed by atoms with E-state index in [1.54, 1.807) is 6.08 Å². The molecule has 1 saturated carbocycles. The van der Waals surface area contributed by atoms with Crippen LogP contribution in [0.25, 0.3) is 0 Å². The first-order valence-electron chi connectivity index (χ1n) is 5.36. The Bertz CT molecular complexity index is 410. The second-order valence-electron chi connectivity index (χ2n) is 3.59. The first kappa shape index (κ1) is 14.2. The molecule has 0 aliphatic heterocycles. The number of nitrogens with zero attached hydrogens (tertiary/aromatic N) is 1. The van der Waals surface area contributed by atoms with Gasteiger partial charge in [0.15, 0.2) is 0 Å². The first-order chi connectivity index (χ1) is 8.13. The zero-order chi connectivity index (χ0) is 12.8. The fourth-order valence-electron chi connectivity index (χ4n) is 1.85. The van der Waals surface area contributed by atoms with Crippen molar-refractivity contribution in [3.05, 3.63) is 36.0 Å². The van der Waals surface area contributed by atoms with E-state index in [9.17, 15) is 5.11 Å². The molecule has 0 heterocycles. The van der Waals surface area contributed by atoms with E-state index in [0.29, 0.717) is 0 Å². The molecule has 1 aliphatic rings. The Kier molecular flexibility index (Phi) is 5.69. The third kappa shape index (κ3) is 3.56. The molecule has 0 saturated heterocycles. The van der Waals surface area contributed by atoms with Gasteiger partial charge in [-0.1, -0.05) is 0 Å². The molecular formula is C12H17N3OW. The van der Waals surface area contributed by atoms with Gasteiger partial charge in [0.1, 0.15) is 0 Å². The Morgan fingerprint density at radius 2 is 2.35 bits per heavy atom. The van der Waals surface area contributed by atoms with Crippen LogP contribution in [-0.2, 0) is 19.4 Å². The van der Waals surface area contributed by atoms with Gasteiger partial charge >= 0.3 is 113 Å². The Balaban J connectivity index is 3.11. The van der Waals surface area contributed by atoms with Crippen LogP contribution in [0.2, 0.25) is 0 Å². The van der Waals surface area contributed by atoms with Crippen LogP contribution < -0.4 is 10.7 Å². The Labute approximate surface area is 113 Å². The quantitative estimate of drug-likeness (QED) is 0.614. The molecule has 3 N–H and O–H groups in total. The summed E-state index contributed by atoms with van der Waals surface area (Å²) in [6.45, 7) is 5.74. The Morgan fingerprint density at radius 3 is 2.82 bits per heavy atom. The molecule has 17 heavy (non-hydrogen) atoms. The summed E-state index contributed by atoms with van der Waals surface area (Å²) in [6.07, 6.45) is 6.70. The van der Waals surface area contributed by atoms with Crippen molar-refractivity contribution in [2.24, 2.45) is 5.10 Å². The third-order valence-corrected chi connectivity index (χ3v) is 2.96. The average Bonchev–Trinajstić information content (AvgIpc) is 2.64. The van der Waals surface area contributed by atoms with Gasteiger partial charge in [-0.25, -0.2) is 0 Å². The van der Waals surface area contributed by atoms with E-state index in [4.69, 9.17) is 0 Å². The minimum absolute atomic E-state index is 0.166. The zero-order valence-electron chi connectivity index (χ0n) is 10.0. The van der Waals surface area contributed by atoms with Gasteiger partial charge < -0.3 is 0 Å². The average molecular weight is 403 g/mol. The number of nitrogens with one attached hydrogen (secondary N) is 2. The fraction of sp³-hybridized carbons (Fsp3) is 0.333. The molecule has 1 rings (SSSR count). The normalized spacial score (nSPS) is 26.8.